The van der Waals surface area contributed by atoms with Crippen LogP contribution in [0.4, 0.5) is 0 Å². The standard InChI is InChI=1S/C15H14O8S.Na.H/c1-22-8-3-4-9(11(16)5-8)15(18)10-6-14(24(19,20)21)13(23-2)7-12(10)17;;/h3-7,16-17H,1-2H3,(H,19,20,21);;/q;+1;-1. The van der Waals surface area contributed by atoms with Crippen LogP contribution in [0.1, 0.15) is 17.3 Å². The van der Waals surface area contributed by atoms with Gasteiger partial charge >= 0.3 is 29.6 Å². The number of aromatic hydroxyl groups is 2. The molecule has 130 valence electrons. The van der Waals surface area contributed by atoms with Gasteiger partial charge in [-0.05, 0) is 18.2 Å². The Kier molecular flexibility index (Phi) is 6.86. The Morgan fingerprint density at radius 3 is 2.08 bits per heavy atom. The quantitative estimate of drug-likeness (QED) is 0.333. The first-order valence-corrected chi connectivity index (χ1v) is 7.93. The molecule has 0 aliphatic carbocycles. The van der Waals surface area contributed by atoms with Crippen LogP contribution in [-0.2, 0) is 10.1 Å². The fraction of sp³-hybridized carbons (Fsp3) is 0.133. The third-order valence-electron chi connectivity index (χ3n) is 3.25. The zero-order valence-corrected chi connectivity index (χ0v) is 16.5. The Morgan fingerprint density at radius 1 is 1.00 bits per heavy atom. The average molecular weight is 378 g/mol. The van der Waals surface area contributed by atoms with E-state index in [1.54, 1.807) is 0 Å². The number of carbonyl (C=O) groups is 1. The predicted molar refractivity (Wildman–Crippen MR) is 83.7 cm³/mol. The predicted octanol–water partition coefficient (Wildman–Crippen LogP) is -1.29. The van der Waals surface area contributed by atoms with Crippen molar-refractivity contribution in [2.24, 2.45) is 0 Å². The molecule has 3 N–H and O–H groups in total. The molecule has 0 spiro atoms. The minimum atomic E-state index is -4.69. The van der Waals surface area contributed by atoms with Crippen molar-refractivity contribution in [3.8, 4) is 23.0 Å². The van der Waals surface area contributed by atoms with Gasteiger partial charge in [-0.2, -0.15) is 8.42 Å². The van der Waals surface area contributed by atoms with Crippen LogP contribution in [0.3, 0.4) is 0 Å². The van der Waals surface area contributed by atoms with E-state index in [1.807, 2.05) is 0 Å². The second-order valence-corrected chi connectivity index (χ2v) is 6.10. The van der Waals surface area contributed by atoms with Crippen LogP contribution in [0, 0.1) is 0 Å². The summed E-state index contributed by atoms with van der Waals surface area (Å²) in [5, 5.41) is 19.9. The van der Waals surface area contributed by atoms with Crippen molar-refractivity contribution in [3.63, 3.8) is 0 Å². The van der Waals surface area contributed by atoms with Crippen molar-refractivity contribution >= 4 is 15.9 Å². The summed E-state index contributed by atoms with van der Waals surface area (Å²) in [4.78, 5) is 11.8. The molecule has 0 aliphatic rings. The molecule has 0 saturated heterocycles. The number of phenolic OH excluding ortho intramolecular Hbond substituents is 2. The van der Waals surface area contributed by atoms with Crippen LogP contribution in [0.25, 0.3) is 0 Å². The maximum atomic E-state index is 12.5. The number of benzene rings is 2. The van der Waals surface area contributed by atoms with Gasteiger partial charge in [0.15, 0.2) is 0 Å². The molecule has 0 heterocycles. The van der Waals surface area contributed by atoms with E-state index in [0.717, 1.165) is 19.2 Å². The number of ether oxygens (including phenoxy) is 2. The van der Waals surface area contributed by atoms with Crippen molar-refractivity contribution in [3.05, 3.63) is 41.5 Å². The molecule has 8 nitrogen and oxygen atoms in total. The first kappa shape index (κ1) is 21.3. The van der Waals surface area contributed by atoms with Gasteiger partial charge in [0.05, 0.1) is 25.3 Å². The van der Waals surface area contributed by atoms with Crippen LogP contribution in [0.15, 0.2) is 35.2 Å². The maximum Gasteiger partial charge on any atom is 1.00 e. The minimum absolute atomic E-state index is 0. The van der Waals surface area contributed by atoms with Crippen LogP contribution in [-0.4, -0.2) is 43.2 Å². The van der Waals surface area contributed by atoms with Crippen molar-refractivity contribution in [2.75, 3.05) is 14.2 Å². The number of hydrogen-bond donors (Lipinski definition) is 3. The van der Waals surface area contributed by atoms with Gasteiger partial charge in [0.2, 0.25) is 5.78 Å². The fourth-order valence-electron chi connectivity index (χ4n) is 2.07. The summed E-state index contributed by atoms with van der Waals surface area (Å²) in [5.74, 6) is -1.85. The fourth-order valence-corrected chi connectivity index (χ4v) is 2.73. The first-order valence-electron chi connectivity index (χ1n) is 6.49. The Labute approximate surface area is 167 Å². The second kappa shape index (κ2) is 8.07. The summed E-state index contributed by atoms with van der Waals surface area (Å²) in [7, 11) is -2.17. The number of hydrogen-bond acceptors (Lipinski definition) is 7. The summed E-state index contributed by atoms with van der Waals surface area (Å²) < 4.78 is 41.7. The Balaban J connectivity index is 0.00000312. The molecular formula is C15H15NaO8S. The van der Waals surface area contributed by atoms with Gasteiger partial charge in [0, 0.05) is 12.1 Å². The molecule has 0 saturated carbocycles. The van der Waals surface area contributed by atoms with Crippen LogP contribution < -0.4 is 39.0 Å². The molecular weight excluding hydrogens is 363 g/mol. The van der Waals surface area contributed by atoms with E-state index in [-0.39, 0.29) is 42.3 Å². The van der Waals surface area contributed by atoms with Gasteiger partial charge in [0.25, 0.3) is 10.1 Å². The van der Waals surface area contributed by atoms with Gasteiger partial charge in [-0.15, -0.1) is 0 Å². The molecule has 0 fully saturated rings. The Morgan fingerprint density at radius 2 is 1.60 bits per heavy atom. The average Bonchev–Trinajstić information content (AvgIpc) is 2.52. The van der Waals surface area contributed by atoms with Crippen LogP contribution in [0.2, 0.25) is 0 Å². The second-order valence-electron chi connectivity index (χ2n) is 4.71. The molecule has 0 unspecified atom stereocenters. The topological polar surface area (TPSA) is 130 Å². The zero-order valence-electron chi connectivity index (χ0n) is 14.7. The molecule has 0 atom stereocenters. The summed E-state index contributed by atoms with van der Waals surface area (Å²) in [5.41, 5.74) is -0.610. The molecule has 0 amide bonds. The molecule has 0 radical (unpaired) electrons. The molecule has 25 heavy (non-hydrogen) atoms. The molecule has 2 aromatic rings. The van der Waals surface area contributed by atoms with Crippen LogP contribution >= 0.6 is 0 Å². The Bertz CT molecular complexity index is 914. The Hall–Kier alpha value is -1.78. The normalized spacial score (nSPS) is 10.7. The number of rotatable bonds is 5. The van der Waals surface area contributed by atoms with E-state index in [2.05, 4.69) is 0 Å². The van der Waals surface area contributed by atoms with Crippen molar-refractivity contribution in [1.29, 1.82) is 0 Å². The van der Waals surface area contributed by atoms with E-state index in [4.69, 9.17) is 9.47 Å². The van der Waals surface area contributed by atoms with Crippen molar-refractivity contribution in [2.45, 2.75) is 4.90 Å². The van der Waals surface area contributed by atoms with E-state index >= 15 is 0 Å². The molecule has 10 heteroatoms. The summed E-state index contributed by atoms with van der Waals surface area (Å²) in [6.07, 6.45) is 0. The van der Waals surface area contributed by atoms with Gasteiger partial charge in [-0.3, -0.25) is 9.35 Å². The molecule has 0 aromatic heterocycles. The number of carbonyl (C=O) groups excluding carboxylic acids is 1. The molecule has 0 aliphatic heterocycles. The van der Waals surface area contributed by atoms with Gasteiger partial charge in [-0.1, -0.05) is 0 Å². The summed E-state index contributed by atoms with van der Waals surface area (Å²) >= 11 is 0. The van der Waals surface area contributed by atoms with Crippen molar-refractivity contribution < 1.29 is 68.4 Å². The monoisotopic (exact) mass is 378 g/mol. The van der Waals surface area contributed by atoms with Crippen LogP contribution in [0.5, 0.6) is 23.0 Å². The number of phenols is 2. The van der Waals surface area contributed by atoms with E-state index in [1.165, 1.54) is 25.3 Å². The number of ketones is 1. The molecule has 0 bridgehead atoms. The maximum absolute atomic E-state index is 12.5. The minimum Gasteiger partial charge on any atom is -1.00 e. The van der Waals surface area contributed by atoms with Gasteiger partial charge < -0.3 is 21.1 Å². The molecule has 2 rings (SSSR count). The SMILES string of the molecule is COc1ccc(C(=O)c2cc(S(=O)(=O)O)c(OC)cc2O)c(O)c1.[H-].[Na+]. The van der Waals surface area contributed by atoms with E-state index in [0.29, 0.717) is 5.75 Å². The van der Waals surface area contributed by atoms with Gasteiger partial charge in [0.1, 0.15) is 27.9 Å². The summed E-state index contributed by atoms with van der Waals surface area (Å²) in [6, 6.07) is 5.52. The largest absolute Gasteiger partial charge is 1.00 e. The molecule has 2 aromatic carbocycles. The third-order valence-corrected chi connectivity index (χ3v) is 4.13. The van der Waals surface area contributed by atoms with Gasteiger partial charge in [-0.25, -0.2) is 0 Å². The van der Waals surface area contributed by atoms with Crippen molar-refractivity contribution in [1.82, 2.24) is 0 Å². The summed E-state index contributed by atoms with van der Waals surface area (Å²) in [6.45, 7) is 0. The zero-order chi connectivity index (χ0) is 18.1. The third kappa shape index (κ3) is 4.44. The smallest absolute Gasteiger partial charge is 1.00 e. The van der Waals surface area contributed by atoms with E-state index in [9.17, 15) is 28.0 Å². The van der Waals surface area contributed by atoms with E-state index < -0.39 is 37.9 Å². The first-order chi connectivity index (χ1) is 11.2. The number of methoxy groups -OCH3 is 2.